The van der Waals surface area contributed by atoms with E-state index >= 15 is 0 Å². The highest BCUT2D eigenvalue weighted by molar-refractivity contribution is 5.35. The van der Waals surface area contributed by atoms with Gasteiger partial charge < -0.3 is 4.90 Å². The molecule has 1 aliphatic heterocycles. The minimum Gasteiger partial charge on any atom is -0.344 e. The quantitative estimate of drug-likeness (QED) is 0.748. The first-order chi connectivity index (χ1) is 8.16. The minimum atomic E-state index is 0.557. The van der Waals surface area contributed by atoms with Gasteiger partial charge in [-0.2, -0.15) is 0 Å². The molecule has 1 heterocycles. The lowest BCUT2D eigenvalue weighted by Crippen LogP contribution is -2.17. The van der Waals surface area contributed by atoms with Gasteiger partial charge in [-0.3, -0.25) is 0 Å². The van der Waals surface area contributed by atoms with E-state index in [4.69, 9.17) is 0 Å². The Balaban J connectivity index is 2.07. The van der Waals surface area contributed by atoms with Crippen LogP contribution in [0.25, 0.3) is 0 Å². The summed E-state index contributed by atoms with van der Waals surface area (Å²) in [5.74, 6) is 0.557. The lowest BCUT2D eigenvalue weighted by atomic mass is 10.00. The molecule has 88 valence electrons. The zero-order valence-corrected chi connectivity index (χ0v) is 10.6. The standard InChI is InChI=1S/C16H19N/c1-13(2)16-9-10-17(14(3)11-16)12-15-7-5-4-6-8-15/h4-11,13H,3,12H2,1-2H3. The Morgan fingerprint density at radius 1 is 1.18 bits per heavy atom. The molecule has 1 nitrogen and oxygen atoms in total. The molecule has 0 spiro atoms. The van der Waals surface area contributed by atoms with E-state index in [2.05, 4.69) is 67.9 Å². The van der Waals surface area contributed by atoms with Crippen molar-refractivity contribution in [3.63, 3.8) is 0 Å². The molecule has 0 aromatic heterocycles. The van der Waals surface area contributed by atoms with Crippen molar-refractivity contribution in [2.45, 2.75) is 20.4 Å². The SMILES string of the molecule is C=C1C=C(C(C)C)C=CN1Cc1ccccc1. The average Bonchev–Trinajstić information content (AvgIpc) is 2.33. The second-order valence-corrected chi connectivity index (χ2v) is 4.72. The van der Waals surface area contributed by atoms with Crippen LogP contribution >= 0.6 is 0 Å². The molecule has 0 radical (unpaired) electrons. The van der Waals surface area contributed by atoms with Crippen molar-refractivity contribution in [3.05, 3.63) is 72.1 Å². The number of benzene rings is 1. The van der Waals surface area contributed by atoms with Gasteiger partial charge in [0.15, 0.2) is 0 Å². The molecule has 0 atom stereocenters. The molecule has 1 aromatic carbocycles. The number of hydrogen-bond acceptors (Lipinski definition) is 1. The van der Waals surface area contributed by atoms with Gasteiger partial charge in [0.1, 0.15) is 0 Å². The number of hydrogen-bond donors (Lipinski definition) is 0. The van der Waals surface area contributed by atoms with Crippen LogP contribution in [0.5, 0.6) is 0 Å². The molecular weight excluding hydrogens is 206 g/mol. The van der Waals surface area contributed by atoms with Gasteiger partial charge >= 0.3 is 0 Å². The third-order valence-corrected chi connectivity index (χ3v) is 3.01. The molecule has 0 aliphatic carbocycles. The Labute approximate surface area is 104 Å². The van der Waals surface area contributed by atoms with Crippen LogP contribution in [0, 0.1) is 5.92 Å². The maximum absolute atomic E-state index is 4.12. The molecule has 17 heavy (non-hydrogen) atoms. The van der Waals surface area contributed by atoms with E-state index in [1.807, 2.05) is 6.07 Å². The Hall–Kier alpha value is -1.76. The summed E-state index contributed by atoms with van der Waals surface area (Å²) in [5.41, 5.74) is 3.72. The van der Waals surface area contributed by atoms with Gasteiger partial charge in [0, 0.05) is 18.4 Å². The van der Waals surface area contributed by atoms with E-state index in [0.29, 0.717) is 5.92 Å². The summed E-state index contributed by atoms with van der Waals surface area (Å²) in [6, 6.07) is 10.5. The van der Waals surface area contributed by atoms with E-state index in [1.54, 1.807) is 0 Å². The van der Waals surface area contributed by atoms with Crippen LogP contribution in [0.4, 0.5) is 0 Å². The van der Waals surface area contributed by atoms with Crippen LogP contribution in [0.2, 0.25) is 0 Å². The van der Waals surface area contributed by atoms with Gasteiger partial charge in [-0.1, -0.05) is 50.8 Å². The molecule has 1 aliphatic rings. The third kappa shape index (κ3) is 2.88. The summed E-state index contributed by atoms with van der Waals surface area (Å²) in [6.07, 6.45) is 6.49. The Morgan fingerprint density at radius 3 is 2.47 bits per heavy atom. The zero-order valence-electron chi connectivity index (χ0n) is 10.6. The second-order valence-electron chi connectivity index (χ2n) is 4.72. The van der Waals surface area contributed by atoms with Crippen molar-refractivity contribution in [1.82, 2.24) is 4.90 Å². The highest BCUT2D eigenvalue weighted by Crippen LogP contribution is 2.22. The summed E-state index contributed by atoms with van der Waals surface area (Å²) in [7, 11) is 0. The fraction of sp³-hybridized carbons (Fsp3) is 0.250. The van der Waals surface area contributed by atoms with E-state index in [-0.39, 0.29) is 0 Å². The summed E-state index contributed by atoms with van der Waals surface area (Å²) in [4.78, 5) is 2.18. The summed E-state index contributed by atoms with van der Waals surface area (Å²) >= 11 is 0. The van der Waals surface area contributed by atoms with Crippen LogP contribution in [-0.2, 0) is 6.54 Å². The number of nitrogens with zero attached hydrogens (tertiary/aromatic N) is 1. The number of rotatable bonds is 3. The monoisotopic (exact) mass is 225 g/mol. The average molecular weight is 225 g/mol. The molecular formula is C16H19N. The molecule has 0 amide bonds. The lowest BCUT2D eigenvalue weighted by molar-refractivity contribution is 0.467. The van der Waals surface area contributed by atoms with Crippen molar-refractivity contribution in [1.29, 1.82) is 0 Å². The molecule has 0 bridgehead atoms. The smallest absolute Gasteiger partial charge is 0.0475 e. The topological polar surface area (TPSA) is 3.24 Å². The predicted octanol–water partition coefficient (Wildman–Crippen LogP) is 4.11. The van der Waals surface area contributed by atoms with Gasteiger partial charge in [0.25, 0.3) is 0 Å². The maximum Gasteiger partial charge on any atom is 0.0475 e. The molecule has 0 saturated heterocycles. The summed E-state index contributed by atoms with van der Waals surface area (Å²) in [5, 5.41) is 0. The molecule has 0 saturated carbocycles. The molecule has 0 unspecified atom stereocenters. The summed E-state index contributed by atoms with van der Waals surface area (Å²) in [6.45, 7) is 9.42. The van der Waals surface area contributed by atoms with E-state index in [1.165, 1.54) is 11.1 Å². The Bertz CT molecular complexity index is 452. The minimum absolute atomic E-state index is 0.557. The van der Waals surface area contributed by atoms with E-state index in [0.717, 1.165) is 12.2 Å². The van der Waals surface area contributed by atoms with Crippen molar-refractivity contribution in [3.8, 4) is 0 Å². The third-order valence-electron chi connectivity index (χ3n) is 3.01. The number of allylic oxidation sites excluding steroid dienone is 3. The van der Waals surface area contributed by atoms with Crippen LogP contribution < -0.4 is 0 Å². The van der Waals surface area contributed by atoms with Gasteiger partial charge in [-0.05, 0) is 29.2 Å². The van der Waals surface area contributed by atoms with Gasteiger partial charge in [0.05, 0.1) is 0 Å². The normalized spacial score (nSPS) is 15.4. The first-order valence-electron chi connectivity index (χ1n) is 6.06. The Kier molecular flexibility index (Phi) is 3.48. The van der Waals surface area contributed by atoms with Crippen molar-refractivity contribution in [2.24, 2.45) is 5.92 Å². The van der Waals surface area contributed by atoms with Gasteiger partial charge in [-0.25, -0.2) is 0 Å². The highest BCUT2D eigenvalue weighted by Gasteiger charge is 2.10. The van der Waals surface area contributed by atoms with Crippen molar-refractivity contribution >= 4 is 0 Å². The summed E-state index contributed by atoms with van der Waals surface area (Å²) < 4.78 is 0. The van der Waals surface area contributed by atoms with Crippen LogP contribution in [0.1, 0.15) is 19.4 Å². The fourth-order valence-corrected chi connectivity index (χ4v) is 1.89. The second kappa shape index (κ2) is 5.05. The van der Waals surface area contributed by atoms with Crippen LogP contribution in [0.3, 0.4) is 0 Å². The van der Waals surface area contributed by atoms with Gasteiger partial charge in [-0.15, -0.1) is 0 Å². The first-order valence-corrected chi connectivity index (χ1v) is 6.06. The van der Waals surface area contributed by atoms with Crippen molar-refractivity contribution < 1.29 is 0 Å². The lowest BCUT2D eigenvalue weighted by Gasteiger charge is -2.26. The molecule has 1 aromatic rings. The molecule has 0 fully saturated rings. The molecule has 1 heteroatoms. The zero-order chi connectivity index (χ0) is 12.3. The van der Waals surface area contributed by atoms with Gasteiger partial charge in [0.2, 0.25) is 0 Å². The maximum atomic E-state index is 4.12. The predicted molar refractivity (Wildman–Crippen MR) is 73.2 cm³/mol. The van der Waals surface area contributed by atoms with E-state index < -0.39 is 0 Å². The molecule has 0 N–H and O–H groups in total. The largest absolute Gasteiger partial charge is 0.344 e. The van der Waals surface area contributed by atoms with Crippen molar-refractivity contribution in [2.75, 3.05) is 0 Å². The van der Waals surface area contributed by atoms with Crippen LogP contribution in [-0.4, -0.2) is 4.90 Å². The first kappa shape index (κ1) is 11.7. The Morgan fingerprint density at radius 2 is 1.88 bits per heavy atom. The molecule has 2 rings (SSSR count). The fourth-order valence-electron chi connectivity index (χ4n) is 1.89. The van der Waals surface area contributed by atoms with E-state index in [9.17, 15) is 0 Å². The highest BCUT2D eigenvalue weighted by atomic mass is 15.1. The van der Waals surface area contributed by atoms with Crippen LogP contribution in [0.15, 0.2) is 66.5 Å².